The van der Waals surface area contributed by atoms with Crippen LogP contribution in [-0.2, 0) is 6.61 Å². The van der Waals surface area contributed by atoms with Crippen LogP contribution in [-0.4, -0.2) is 9.97 Å². The number of nitrogens with zero attached hydrogens (tertiary/aromatic N) is 3. The lowest BCUT2D eigenvalue weighted by Gasteiger charge is -2.10. The third-order valence-electron chi connectivity index (χ3n) is 4.18. The van der Waals surface area contributed by atoms with Crippen molar-refractivity contribution in [1.82, 2.24) is 9.97 Å². The lowest BCUT2D eigenvalue weighted by atomic mass is 10.1. The second kappa shape index (κ2) is 7.04. The minimum atomic E-state index is 0.326. The predicted molar refractivity (Wildman–Crippen MR) is 100 cm³/mol. The summed E-state index contributed by atoms with van der Waals surface area (Å²) in [5.41, 5.74) is 2.83. The lowest BCUT2D eigenvalue weighted by Crippen LogP contribution is -1.97. The second-order valence-corrected chi connectivity index (χ2v) is 5.83. The molecule has 0 atom stereocenters. The molecule has 0 N–H and O–H groups in total. The number of ether oxygens (including phenoxy) is 1. The molecule has 0 fully saturated rings. The van der Waals surface area contributed by atoms with Crippen LogP contribution < -0.4 is 4.74 Å². The van der Waals surface area contributed by atoms with Gasteiger partial charge in [0.1, 0.15) is 24.1 Å². The van der Waals surface area contributed by atoms with Crippen molar-refractivity contribution in [2.75, 3.05) is 0 Å². The van der Waals surface area contributed by atoms with E-state index in [1.807, 2.05) is 48.5 Å². The minimum absolute atomic E-state index is 0.326. The molecule has 0 amide bonds. The summed E-state index contributed by atoms with van der Waals surface area (Å²) in [5.74, 6) is 0.868. The Kier molecular flexibility index (Phi) is 4.28. The minimum Gasteiger partial charge on any atom is -0.488 e. The van der Waals surface area contributed by atoms with Crippen molar-refractivity contribution in [2.24, 2.45) is 0 Å². The fraction of sp³-hybridized carbons (Fsp3) is 0.0455. The topological polar surface area (TPSA) is 58.8 Å². The van der Waals surface area contributed by atoms with Gasteiger partial charge in [0.2, 0.25) is 0 Å². The molecule has 0 aliphatic rings. The highest BCUT2D eigenvalue weighted by molar-refractivity contribution is 5.88. The molecule has 4 nitrogen and oxygen atoms in total. The number of hydrogen-bond acceptors (Lipinski definition) is 4. The maximum absolute atomic E-state index is 9.16. The van der Waals surface area contributed by atoms with E-state index in [0.717, 1.165) is 27.6 Å². The third kappa shape index (κ3) is 3.11. The molecule has 0 unspecified atom stereocenters. The summed E-state index contributed by atoms with van der Waals surface area (Å²) < 4.78 is 6.02. The van der Waals surface area contributed by atoms with Gasteiger partial charge in [-0.1, -0.05) is 60.7 Å². The Balaban J connectivity index is 1.54. The maximum atomic E-state index is 9.16. The van der Waals surface area contributed by atoms with Crippen LogP contribution in [0.3, 0.4) is 0 Å². The van der Waals surface area contributed by atoms with Crippen LogP contribution in [0.15, 0.2) is 79.1 Å². The molecule has 1 heterocycles. The fourth-order valence-electron chi connectivity index (χ4n) is 2.87. The third-order valence-corrected chi connectivity index (χ3v) is 4.18. The Bertz CT molecular complexity index is 1090. The van der Waals surface area contributed by atoms with Crippen LogP contribution in [0.4, 0.5) is 0 Å². The Morgan fingerprint density at radius 1 is 0.846 bits per heavy atom. The molecule has 0 spiro atoms. The zero-order chi connectivity index (χ0) is 17.8. The van der Waals surface area contributed by atoms with Gasteiger partial charge in [0.15, 0.2) is 5.69 Å². The molecule has 0 aliphatic carbocycles. The van der Waals surface area contributed by atoms with Crippen molar-refractivity contribution in [2.45, 2.75) is 6.61 Å². The Hall–Kier alpha value is -3.71. The average molecular weight is 337 g/mol. The first-order valence-electron chi connectivity index (χ1n) is 8.26. The summed E-state index contributed by atoms with van der Waals surface area (Å²) in [6.45, 7) is 0.472. The van der Waals surface area contributed by atoms with Crippen LogP contribution in [0.1, 0.15) is 11.3 Å². The van der Waals surface area contributed by atoms with E-state index < -0.39 is 0 Å². The van der Waals surface area contributed by atoms with Crippen molar-refractivity contribution in [3.8, 4) is 23.1 Å². The van der Waals surface area contributed by atoms with E-state index in [-0.39, 0.29) is 0 Å². The van der Waals surface area contributed by atoms with E-state index in [0.29, 0.717) is 18.0 Å². The van der Waals surface area contributed by atoms with Crippen molar-refractivity contribution >= 4 is 10.8 Å². The zero-order valence-electron chi connectivity index (χ0n) is 14.0. The summed E-state index contributed by atoms with van der Waals surface area (Å²) in [4.78, 5) is 8.31. The number of hydrogen-bond donors (Lipinski definition) is 0. The van der Waals surface area contributed by atoms with Crippen LogP contribution in [0.5, 0.6) is 5.75 Å². The second-order valence-electron chi connectivity index (χ2n) is 5.83. The van der Waals surface area contributed by atoms with Crippen molar-refractivity contribution in [3.63, 3.8) is 0 Å². The first-order valence-corrected chi connectivity index (χ1v) is 8.26. The van der Waals surface area contributed by atoms with Gasteiger partial charge in [-0.15, -0.1) is 0 Å². The van der Waals surface area contributed by atoms with Crippen molar-refractivity contribution < 1.29 is 4.74 Å². The molecule has 124 valence electrons. The molecule has 0 aliphatic heterocycles. The van der Waals surface area contributed by atoms with E-state index in [2.05, 4.69) is 34.2 Å². The molecule has 0 saturated carbocycles. The molecule has 0 radical (unpaired) electrons. The Labute approximate surface area is 151 Å². The molecule has 0 saturated heterocycles. The van der Waals surface area contributed by atoms with Gasteiger partial charge in [0, 0.05) is 23.3 Å². The molecule has 3 aromatic carbocycles. The molecule has 4 heteroatoms. The van der Waals surface area contributed by atoms with E-state index in [1.54, 1.807) is 6.20 Å². The normalized spacial score (nSPS) is 10.4. The van der Waals surface area contributed by atoms with Gasteiger partial charge >= 0.3 is 0 Å². The highest BCUT2D eigenvalue weighted by Gasteiger charge is 2.07. The average Bonchev–Trinajstić information content (AvgIpc) is 2.72. The van der Waals surface area contributed by atoms with Crippen LogP contribution in [0, 0.1) is 11.3 Å². The van der Waals surface area contributed by atoms with Crippen molar-refractivity contribution in [3.05, 3.63) is 90.4 Å². The van der Waals surface area contributed by atoms with Gasteiger partial charge in [-0.3, -0.25) is 4.98 Å². The van der Waals surface area contributed by atoms with Crippen molar-refractivity contribution in [1.29, 1.82) is 5.26 Å². The summed E-state index contributed by atoms with van der Waals surface area (Å²) in [6.07, 6.45) is 3.11. The SMILES string of the molecule is N#Cc1nccnc1-c1ccc(COc2cccc3ccccc23)cc1. The van der Waals surface area contributed by atoms with Gasteiger partial charge < -0.3 is 4.74 Å². The van der Waals surface area contributed by atoms with Gasteiger partial charge in [-0.05, 0) is 17.0 Å². The molecule has 4 rings (SSSR count). The standard InChI is InChI=1S/C22H15N3O/c23-14-20-22(25-13-12-24-20)18-10-8-16(9-11-18)15-26-21-7-3-5-17-4-1-2-6-19(17)21/h1-13H,15H2. The van der Waals surface area contributed by atoms with E-state index in [1.165, 1.54) is 6.20 Å². The molecule has 0 bridgehead atoms. The zero-order valence-corrected chi connectivity index (χ0v) is 14.0. The first kappa shape index (κ1) is 15.8. The number of rotatable bonds is 4. The predicted octanol–water partition coefficient (Wildman–Crippen LogP) is 4.75. The largest absolute Gasteiger partial charge is 0.488 e. The number of fused-ring (bicyclic) bond motifs is 1. The smallest absolute Gasteiger partial charge is 0.166 e. The summed E-state index contributed by atoms with van der Waals surface area (Å²) in [7, 11) is 0. The van der Waals surface area contributed by atoms with Gasteiger partial charge in [-0.2, -0.15) is 5.26 Å². The van der Waals surface area contributed by atoms with E-state index in [4.69, 9.17) is 10.00 Å². The molecular formula is C22H15N3O. The van der Waals surface area contributed by atoms with Gasteiger partial charge in [0.05, 0.1) is 0 Å². The summed E-state index contributed by atoms with van der Waals surface area (Å²) in [5, 5.41) is 11.4. The van der Waals surface area contributed by atoms with Crippen LogP contribution in [0.25, 0.3) is 22.0 Å². The highest BCUT2D eigenvalue weighted by Crippen LogP contribution is 2.26. The monoisotopic (exact) mass is 337 g/mol. The summed E-state index contributed by atoms with van der Waals surface area (Å²) >= 11 is 0. The molecule has 26 heavy (non-hydrogen) atoms. The molecule has 1 aromatic heterocycles. The quantitative estimate of drug-likeness (QED) is 0.539. The number of benzene rings is 3. The van der Waals surface area contributed by atoms with Gasteiger partial charge in [-0.25, -0.2) is 4.98 Å². The number of nitriles is 1. The van der Waals surface area contributed by atoms with E-state index >= 15 is 0 Å². The maximum Gasteiger partial charge on any atom is 0.166 e. The van der Waals surface area contributed by atoms with Crippen LogP contribution in [0.2, 0.25) is 0 Å². The first-order chi connectivity index (χ1) is 12.8. The van der Waals surface area contributed by atoms with Gasteiger partial charge in [0.25, 0.3) is 0 Å². The summed E-state index contributed by atoms with van der Waals surface area (Å²) in [6, 6.07) is 24.1. The molecular weight excluding hydrogens is 322 g/mol. The highest BCUT2D eigenvalue weighted by atomic mass is 16.5. The van der Waals surface area contributed by atoms with E-state index in [9.17, 15) is 0 Å². The lowest BCUT2D eigenvalue weighted by molar-refractivity contribution is 0.310. The fourth-order valence-corrected chi connectivity index (χ4v) is 2.87. The Morgan fingerprint density at radius 2 is 1.62 bits per heavy atom. The molecule has 4 aromatic rings. The van der Waals surface area contributed by atoms with Crippen LogP contribution >= 0.6 is 0 Å². The Morgan fingerprint density at radius 3 is 2.46 bits per heavy atom. The number of aromatic nitrogens is 2.